The highest BCUT2D eigenvalue weighted by atomic mass is 32.2. The van der Waals surface area contributed by atoms with Crippen molar-refractivity contribution in [2.75, 3.05) is 18.0 Å². The molecule has 1 aliphatic carbocycles. The second-order valence-corrected chi connectivity index (χ2v) is 8.14. The third kappa shape index (κ3) is 2.89. The fourth-order valence-electron chi connectivity index (χ4n) is 3.29. The minimum Gasteiger partial charge on any atom is -0.363 e. The van der Waals surface area contributed by atoms with E-state index in [9.17, 15) is 8.42 Å². The van der Waals surface area contributed by atoms with Crippen molar-refractivity contribution in [3.05, 3.63) is 31.1 Å². The molecule has 0 bridgehead atoms. The zero-order chi connectivity index (χ0) is 16.6. The summed E-state index contributed by atoms with van der Waals surface area (Å²) < 4.78 is 31.3. The molecule has 0 aromatic carbocycles. The molecule has 2 aliphatic rings. The third-order valence-electron chi connectivity index (χ3n) is 4.64. The predicted octanol–water partition coefficient (Wildman–Crippen LogP) is 1.29. The molecular weight excluding hydrogens is 330 g/mol. The zero-order valence-electron chi connectivity index (χ0n) is 13.2. The minimum absolute atomic E-state index is 0.121. The summed E-state index contributed by atoms with van der Waals surface area (Å²) in [7, 11) is -3.50. The van der Waals surface area contributed by atoms with Crippen LogP contribution in [0.4, 0.5) is 5.82 Å². The van der Waals surface area contributed by atoms with E-state index in [0.717, 1.165) is 18.7 Å². The lowest BCUT2D eigenvalue weighted by molar-refractivity contribution is 0.308. The van der Waals surface area contributed by atoms with Gasteiger partial charge in [0.2, 0.25) is 10.0 Å². The first-order valence-electron chi connectivity index (χ1n) is 8.10. The maximum absolute atomic E-state index is 12.5. The fourth-order valence-corrected chi connectivity index (χ4v) is 4.62. The molecule has 2 aromatic rings. The lowest BCUT2D eigenvalue weighted by atomic mass is 10.0. The molecule has 9 heteroatoms. The van der Waals surface area contributed by atoms with E-state index in [-0.39, 0.29) is 4.90 Å². The average molecular weight is 349 g/mol. The van der Waals surface area contributed by atoms with Crippen LogP contribution in [0.3, 0.4) is 0 Å². The molecule has 24 heavy (non-hydrogen) atoms. The lowest BCUT2D eigenvalue weighted by Gasteiger charge is -2.38. The Balaban J connectivity index is 1.47. The summed E-state index contributed by atoms with van der Waals surface area (Å²) >= 11 is 0. The summed E-state index contributed by atoms with van der Waals surface area (Å²) in [6, 6.07) is 2.76. The number of nitrogens with zero attached hydrogens (tertiary/aromatic N) is 5. The molecule has 0 unspecified atom stereocenters. The topological polar surface area (TPSA) is 92.4 Å². The highest BCUT2D eigenvalue weighted by Crippen LogP contribution is 2.35. The smallest absolute Gasteiger partial charge is 0.247 e. The first-order valence-corrected chi connectivity index (χ1v) is 9.54. The highest BCUT2D eigenvalue weighted by molar-refractivity contribution is 7.89. The fraction of sp³-hybridized carbons (Fsp3) is 0.533. The van der Waals surface area contributed by atoms with Gasteiger partial charge in [0, 0.05) is 31.4 Å². The number of sulfonamides is 1. The van der Waals surface area contributed by atoms with Gasteiger partial charge in [-0.3, -0.25) is 0 Å². The molecule has 0 radical (unpaired) electrons. The van der Waals surface area contributed by atoms with Gasteiger partial charge in [-0.15, -0.1) is 0 Å². The quantitative estimate of drug-likeness (QED) is 0.803. The van der Waals surface area contributed by atoms with Gasteiger partial charge >= 0.3 is 0 Å². The summed E-state index contributed by atoms with van der Waals surface area (Å²) in [5.74, 6) is 0.938. The summed E-state index contributed by atoms with van der Waals surface area (Å²) in [4.78, 5) is 10.8. The molecule has 3 heterocycles. The monoisotopic (exact) mass is 349 g/mol. The molecule has 0 atom stereocenters. The normalized spacial score (nSPS) is 20.2. The van der Waals surface area contributed by atoms with Crippen molar-refractivity contribution >= 4 is 15.8 Å². The average Bonchev–Trinajstić information content (AvgIpc) is 3.27. The van der Waals surface area contributed by atoms with E-state index in [0.29, 0.717) is 25.2 Å². The number of hydrogen-bond donors (Lipinski definition) is 0. The van der Waals surface area contributed by atoms with Gasteiger partial charge in [-0.25, -0.2) is 18.4 Å². The van der Waals surface area contributed by atoms with E-state index in [2.05, 4.69) is 24.5 Å². The molecule has 8 nitrogen and oxygen atoms in total. The van der Waals surface area contributed by atoms with Crippen molar-refractivity contribution in [2.24, 2.45) is 0 Å². The summed E-state index contributed by atoms with van der Waals surface area (Å²) in [5.41, 5.74) is 0. The van der Waals surface area contributed by atoms with Gasteiger partial charge < -0.3 is 9.42 Å². The number of anilines is 1. The molecular formula is C15H19N5O3S. The van der Waals surface area contributed by atoms with Gasteiger partial charge in [0.1, 0.15) is 23.3 Å². The molecule has 128 valence electrons. The van der Waals surface area contributed by atoms with Crippen LogP contribution in [0.2, 0.25) is 0 Å². The van der Waals surface area contributed by atoms with E-state index in [1.807, 2.05) is 6.07 Å². The first-order chi connectivity index (χ1) is 11.7. The summed E-state index contributed by atoms with van der Waals surface area (Å²) in [6.45, 7) is 0.985. The molecule has 2 aromatic heterocycles. The Morgan fingerprint density at radius 2 is 1.92 bits per heavy atom. The Labute approximate surface area is 140 Å². The number of rotatable bonds is 5. The molecule has 0 N–H and O–H groups in total. The van der Waals surface area contributed by atoms with Crippen LogP contribution in [-0.4, -0.2) is 53.0 Å². The van der Waals surface area contributed by atoms with Crippen LogP contribution in [0.15, 0.2) is 40.5 Å². The molecule has 1 aliphatic heterocycles. The standard InChI is InChI=1S/C15H19N5O3S/c21-24(22,14-9-18-23-10-14)19-7-4-13(5-8-19)20(12-1-2-12)15-3-6-16-11-17-15/h3,6,9-13H,1-2,4-5,7-8H2. The molecule has 4 rings (SSSR count). The van der Waals surface area contributed by atoms with Gasteiger partial charge in [0.05, 0.1) is 6.20 Å². The Kier molecular flexibility index (Phi) is 3.97. The molecule has 1 saturated carbocycles. The van der Waals surface area contributed by atoms with E-state index in [1.54, 1.807) is 12.5 Å². The highest BCUT2D eigenvalue weighted by Gasteiger charge is 2.38. The van der Waals surface area contributed by atoms with Crippen molar-refractivity contribution in [3.8, 4) is 0 Å². The van der Waals surface area contributed by atoms with Crippen LogP contribution in [-0.2, 0) is 10.0 Å². The lowest BCUT2D eigenvalue weighted by Crippen LogP contribution is -2.47. The van der Waals surface area contributed by atoms with Crippen molar-refractivity contribution in [1.82, 2.24) is 19.4 Å². The number of aromatic nitrogens is 3. The van der Waals surface area contributed by atoms with Gasteiger partial charge in [-0.2, -0.15) is 4.31 Å². The predicted molar refractivity (Wildman–Crippen MR) is 85.8 cm³/mol. The number of hydrogen-bond acceptors (Lipinski definition) is 7. The Bertz CT molecular complexity index is 769. The third-order valence-corrected chi connectivity index (χ3v) is 6.48. The van der Waals surface area contributed by atoms with Crippen LogP contribution in [0, 0.1) is 0 Å². The van der Waals surface area contributed by atoms with E-state index < -0.39 is 10.0 Å². The minimum atomic E-state index is -3.50. The van der Waals surface area contributed by atoms with E-state index in [1.165, 1.54) is 29.6 Å². The van der Waals surface area contributed by atoms with Crippen LogP contribution >= 0.6 is 0 Å². The largest absolute Gasteiger partial charge is 0.363 e. The Morgan fingerprint density at radius 3 is 2.50 bits per heavy atom. The maximum Gasteiger partial charge on any atom is 0.247 e. The van der Waals surface area contributed by atoms with Crippen LogP contribution in [0.5, 0.6) is 0 Å². The van der Waals surface area contributed by atoms with Gasteiger partial charge in [-0.1, -0.05) is 5.16 Å². The molecule has 0 amide bonds. The second-order valence-electron chi connectivity index (χ2n) is 6.20. The van der Waals surface area contributed by atoms with Crippen molar-refractivity contribution in [3.63, 3.8) is 0 Å². The van der Waals surface area contributed by atoms with Gasteiger partial charge in [0.25, 0.3) is 0 Å². The maximum atomic E-state index is 12.5. The molecule has 2 fully saturated rings. The van der Waals surface area contributed by atoms with Crippen molar-refractivity contribution in [2.45, 2.75) is 42.7 Å². The van der Waals surface area contributed by atoms with E-state index >= 15 is 0 Å². The Hall–Kier alpha value is -2.00. The zero-order valence-corrected chi connectivity index (χ0v) is 14.0. The van der Waals surface area contributed by atoms with Crippen LogP contribution in [0.25, 0.3) is 0 Å². The van der Waals surface area contributed by atoms with Crippen LogP contribution < -0.4 is 4.90 Å². The number of piperidine rings is 1. The van der Waals surface area contributed by atoms with Gasteiger partial charge in [-0.05, 0) is 31.7 Å². The summed E-state index contributed by atoms with van der Waals surface area (Å²) in [5, 5.41) is 3.49. The van der Waals surface area contributed by atoms with Crippen molar-refractivity contribution < 1.29 is 12.9 Å². The molecule has 0 spiro atoms. The first kappa shape index (κ1) is 15.5. The SMILES string of the molecule is O=S(=O)(c1cnoc1)N1CCC(N(c2ccncn2)C2CC2)CC1. The second kappa shape index (κ2) is 6.14. The summed E-state index contributed by atoms with van der Waals surface area (Å²) in [6.07, 6.45) is 9.65. The van der Waals surface area contributed by atoms with E-state index in [4.69, 9.17) is 0 Å². The van der Waals surface area contributed by atoms with Crippen molar-refractivity contribution in [1.29, 1.82) is 0 Å². The Morgan fingerprint density at radius 1 is 1.17 bits per heavy atom. The van der Waals surface area contributed by atoms with Crippen LogP contribution in [0.1, 0.15) is 25.7 Å². The molecule has 1 saturated heterocycles. The van der Waals surface area contributed by atoms with Gasteiger partial charge in [0.15, 0.2) is 0 Å².